The van der Waals surface area contributed by atoms with Crippen molar-refractivity contribution in [2.45, 2.75) is 20.4 Å². The summed E-state index contributed by atoms with van der Waals surface area (Å²) in [5.41, 5.74) is 1.79. The molecule has 134 valence electrons. The lowest BCUT2D eigenvalue weighted by Crippen LogP contribution is -2.27. The number of thiazole rings is 1. The van der Waals surface area contributed by atoms with E-state index in [2.05, 4.69) is 15.0 Å². The number of benzene rings is 1. The summed E-state index contributed by atoms with van der Waals surface area (Å²) < 4.78 is 6.10. The first-order valence-electron chi connectivity index (χ1n) is 7.85. The van der Waals surface area contributed by atoms with Crippen LogP contribution >= 0.6 is 11.3 Å². The van der Waals surface area contributed by atoms with Crippen LogP contribution in [0.1, 0.15) is 20.9 Å². The predicted octanol–water partition coefficient (Wildman–Crippen LogP) is 2.50. The molecular weight excluding hydrogens is 354 g/mol. The summed E-state index contributed by atoms with van der Waals surface area (Å²) in [5, 5.41) is 3.84. The van der Waals surface area contributed by atoms with Crippen molar-refractivity contribution >= 4 is 39.2 Å². The smallest absolute Gasteiger partial charge is 0.350 e. The van der Waals surface area contributed by atoms with E-state index in [-0.39, 0.29) is 17.2 Å². The van der Waals surface area contributed by atoms with Gasteiger partial charge in [0, 0.05) is 11.5 Å². The van der Waals surface area contributed by atoms with Crippen LogP contribution in [0.2, 0.25) is 0 Å². The summed E-state index contributed by atoms with van der Waals surface area (Å²) in [7, 11) is 1.29. The van der Waals surface area contributed by atoms with Gasteiger partial charge in [-0.15, -0.1) is 0 Å². The first-order valence-corrected chi connectivity index (χ1v) is 8.67. The van der Waals surface area contributed by atoms with Gasteiger partial charge < -0.3 is 10.1 Å². The van der Waals surface area contributed by atoms with Gasteiger partial charge in [-0.3, -0.25) is 14.2 Å². The van der Waals surface area contributed by atoms with Crippen molar-refractivity contribution in [2.75, 3.05) is 12.4 Å². The number of ether oxygens (including phenoxy) is 1. The highest BCUT2D eigenvalue weighted by Gasteiger charge is 2.17. The zero-order valence-corrected chi connectivity index (χ0v) is 15.3. The number of aryl methyl sites for hydroxylation is 2. The van der Waals surface area contributed by atoms with Gasteiger partial charge in [0.05, 0.1) is 18.3 Å². The fraction of sp³-hybridized carbons (Fsp3) is 0.222. The number of rotatable bonds is 4. The molecule has 3 aromatic rings. The molecule has 3 rings (SSSR count). The van der Waals surface area contributed by atoms with E-state index < -0.39 is 11.9 Å². The second-order valence-corrected chi connectivity index (χ2v) is 6.74. The number of para-hydroxylation sites is 1. The number of esters is 1. The van der Waals surface area contributed by atoms with E-state index in [4.69, 9.17) is 0 Å². The highest BCUT2D eigenvalue weighted by molar-refractivity contribution is 7.17. The number of hydrogen-bond donors (Lipinski definition) is 1. The maximum absolute atomic E-state index is 12.4. The highest BCUT2D eigenvalue weighted by Crippen LogP contribution is 2.23. The summed E-state index contributed by atoms with van der Waals surface area (Å²) in [5.74, 6) is -0.896. The predicted molar refractivity (Wildman–Crippen MR) is 99.8 cm³/mol. The van der Waals surface area contributed by atoms with Gasteiger partial charge in [0.15, 0.2) is 5.13 Å². The highest BCUT2D eigenvalue weighted by atomic mass is 32.1. The fourth-order valence-corrected chi connectivity index (χ4v) is 3.60. The summed E-state index contributed by atoms with van der Waals surface area (Å²) in [4.78, 5) is 40.9. The van der Waals surface area contributed by atoms with Crippen LogP contribution in [0.25, 0.3) is 10.9 Å². The quantitative estimate of drug-likeness (QED) is 0.712. The number of nitrogens with zero attached hydrogens (tertiary/aromatic N) is 2. The Labute approximate surface area is 153 Å². The minimum absolute atomic E-state index is 0.147. The maximum Gasteiger partial charge on any atom is 0.350 e. The molecule has 0 bridgehead atoms. The zero-order chi connectivity index (χ0) is 18.8. The summed E-state index contributed by atoms with van der Waals surface area (Å²) >= 11 is 1.04. The minimum Gasteiger partial charge on any atom is -0.465 e. The molecule has 1 amide bonds. The number of amides is 1. The van der Waals surface area contributed by atoms with E-state index in [1.165, 1.54) is 17.7 Å². The molecule has 8 heteroatoms. The van der Waals surface area contributed by atoms with Gasteiger partial charge in [-0.1, -0.05) is 29.5 Å². The Kier molecular flexibility index (Phi) is 4.85. The van der Waals surface area contributed by atoms with Crippen LogP contribution in [-0.2, 0) is 16.1 Å². The van der Waals surface area contributed by atoms with Crippen LogP contribution in [0, 0.1) is 13.8 Å². The van der Waals surface area contributed by atoms with Crippen molar-refractivity contribution in [3.8, 4) is 0 Å². The van der Waals surface area contributed by atoms with E-state index in [9.17, 15) is 14.4 Å². The second kappa shape index (κ2) is 7.09. The average Bonchev–Trinajstić information content (AvgIpc) is 2.98. The Morgan fingerprint density at radius 1 is 1.27 bits per heavy atom. The molecule has 0 unspecified atom stereocenters. The third-order valence-corrected chi connectivity index (χ3v) is 4.99. The molecule has 0 aliphatic heterocycles. The molecule has 0 fully saturated rings. The van der Waals surface area contributed by atoms with Gasteiger partial charge in [0.1, 0.15) is 11.4 Å². The number of fused-ring (bicyclic) bond motifs is 1. The molecule has 7 nitrogen and oxygen atoms in total. The lowest BCUT2D eigenvalue weighted by atomic mass is 10.1. The molecule has 0 saturated heterocycles. The van der Waals surface area contributed by atoms with E-state index in [0.29, 0.717) is 16.1 Å². The minimum atomic E-state index is -0.499. The number of hydrogen-bond acceptors (Lipinski definition) is 6. The van der Waals surface area contributed by atoms with E-state index >= 15 is 0 Å². The van der Waals surface area contributed by atoms with Crippen LogP contribution in [0.15, 0.2) is 35.1 Å². The topological polar surface area (TPSA) is 90.3 Å². The first-order chi connectivity index (χ1) is 12.4. The fourth-order valence-electron chi connectivity index (χ4n) is 2.70. The molecular formula is C18H17N3O4S. The van der Waals surface area contributed by atoms with Gasteiger partial charge >= 0.3 is 5.97 Å². The first kappa shape index (κ1) is 17.8. The number of anilines is 1. The summed E-state index contributed by atoms with van der Waals surface area (Å²) in [6.07, 6.45) is 0. The molecule has 0 aliphatic rings. The number of aromatic nitrogens is 2. The van der Waals surface area contributed by atoms with Gasteiger partial charge in [-0.05, 0) is 25.5 Å². The molecule has 0 atom stereocenters. The van der Waals surface area contributed by atoms with Crippen molar-refractivity contribution in [2.24, 2.45) is 0 Å². The van der Waals surface area contributed by atoms with Gasteiger partial charge in [0.25, 0.3) is 5.56 Å². The SMILES string of the molecule is COC(=O)c1sc(NC(=O)Cn2c(=O)cc(C)c3ccccc32)nc1C. The van der Waals surface area contributed by atoms with Gasteiger partial charge in [-0.2, -0.15) is 0 Å². The molecule has 2 aromatic heterocycles. The van der Waals surface area contributed by atoms with E-state index in [0.717, 1.165) is 22.3 Å². The molecule has 0 radical (unpaired) electrons. The van der Waals surface area contributed by atoms with Crippen LogP contribution in [0.3, 0.4) is 0 Å². The second-order valence-electron chi connectivity index (χ2n) is 5.74. The number of pyridine rings is 1. The van der Waals surface area contributed by atoms with Crippen molar-refractivity contribution < 1.29 is 14.3 Å². The third-order valence-electron chi connectivity index (χ3n) is 3.94. The van der Waals surface area contributed by atoms with Crippen molar-refractivity contribution in [1.82, 2.24) is 9.55 Å². The molecule has 2 heterocycles. The number of carbonyl (C=O) groups is 2. The molecule has 26 heavy (non-hydrogen) atoms. The van der Waals surface area contributed by atoms with E-state index in [1.54, 1.807) is 13.0 Å². The van der Waals surface area contributed by atoms with Crippen molar-refractivity contribution in [1.29, 1.82) is 0 Å². The van der Waals surface area contributed by atoms with Crippen LogP contribution in [0.5, 0.6) is 0 Å². The zero-order valence-electron chi connectivity index (χ0n) is 14.5. The normalized spacial score (nSPS) is 10.7. The van der Waals surface area contributed by atoms with Gasteiger partial charge in [-0.25, -0.2) is 9.78 Å². The Morgan fingerprint density at radius 3 is 2.73 bits per heavy atom. The van der Waals surface area contributed by atoms with Crippen molar-refractivity contribution in [3.05, 3.63) is 56.8 Å². The summed E-state index contributed by atoms with van der Waals surface area (Å²) in [6.45, 7) is 3.38. The molecule has 1 N–H and O–H groups in total. The number of carbonyl (C=O) groups excluding carboxylic acids is 2. The van der Waals surface area contributed by atoms with Crippen LogP contribution in [0.4, 0.5) is 5.13 Å². The van der Waals surface area contributed by atoms with Crippen LogP contribution in [-0.4, -0.2) is 28.5 Å². The van der Waals surface area contributed by atoms with E-state index in [1.807, 2.05) is 25.1 Å². The molecule has 1 aromatic carbocycles. The Morgan fingerprint density at radius 2 is 2.00 bits per heavy atom. The molecule has 0 saturated carbocycles. The average molecular weight is 371 g/mol. The monoisotopic (exact) mass is 371 g/mol. The summed E-state index contributed by atoms with van der Waals surface area (Å²) in [6, 6.07) is 8.93. The number of methoxy groups -OCH3 is 1. The third kappa shape index (κ3) is 3.36. The Balaban J connectivity index is 1.87. The van der Waals surface area contributed by atoms with Crippen molar-refractivity contribution in [3.63, 3.8) is 0 Å². The van der Waals surface area contributed by atoms with Gasteiger partial charge in [0.2, 0.25) is 5.91 Å². The lowest BCUT2D eigenvalue weighted by molar-refractivity contribution is -0.116. The maximum atomic E-state index is 12.4. The standard InChI is InChI=1S/C18H17N3O4S/c1-10-8-15(23)21(13-7-5-4-6-12(10)13)9-14(22)20-18-19-11(2)16(26-18)17(24)25-3/h4-8H,9H2,1-3H3,(H,19,20,22). The van der Waals surface area contributed by atoms with Crippen LogP contribution < -0.4 is 10.9 Å². The molecule has 0 aliphatic carbocycles. The Bertz CT molecular complexity index is 1070. The molecule has 0 spiro atoms. The lowest BCUT2D eigenvalue weighted by Gasteiger charge is -2.11. The Hall–Kier alpha value is -3.00. The number of nitrogens with one attached hydrogen (secondary N) is 1. The largest absolute Gasteiger partial charge is 0.465 e.